The summed E-state index contributed by atoms with van der Waals surface area (Å²) in [4.78, 5) is 30.1. The first-order valence-electron chi connectivity index (χ1n) is 20.2. The molecule has 294 valence electrons. The van der Waals surface area contributed by atoms with Crippen molar-refractivity contribution in [3.63, 3.8) is 0 Å². The number of hydrogen-bond acceptors (Lipinski definition) is 6. The highest BCUT2D eigenvalue weighted by Gasteiger charge is 2.57. The van der Waals surface area contributed by atoms with E-state index in [1.807, 2.05) is 42.5 Å². The lowest BCUT2D eigenvalue weighted by atomic mass is 9.68. The number of halogens is 1. The van der Waals surface area contributed by atoms with E-state index in [9.17, 15) is 29.3 Å². The summed E-state index contributed by atoms with van der Waals surface area (Å²) in [7, 11) is -3.03. The Kier molecular flexibility index (Phi) is 13.0. The Morgan fingerprint density at radius 2 is 1.58 bits per heavy atom. The maximum Gasteiger partial charge on any atom is 0.261 e. The highest BCUT2D eigenvalue weighted by molar-refractivity contribution is 6.99. The number of fused-ring (bicyclic) bond motifs is 1. The average molecular weight is 768 g/mol. The molecule has 1 heterocycles. The number of hydrogen-bond donors (Lipinski definition) is 3. The molecule has 0 aromatic heterocycles. The third-order valence-electron chi connectivity index (χ3n) is 12.2. The maximum atomic E-state index is 14.3. The Hall–Kier alpha value is -3.89. The van der Waals surface area contributed by atoms with Crippen LogP contribution >= 0.6 is 0 Å². The molecule has 3 aromatic rings. The van der Waals surface area contributed by atoms with Gasteiger partial charge in [-0.15, -0.1) is 0 Å². The summed E-state index contributed by atoms with van der Waals surface area (Å²) in [5.41, 5.74) is 3.04. The Morgan fingerprint density at radius 3 is 2.15 bits per heavy atom. The number of likely N-dealkylation sites (tertiary alicyclic amines) is 1. The van der Waals surface area contributed by atoms with Crippen LogP contribution in [0.4, 0.5) is 4.39 Å². The monoisotopic (exact) mass is 767 g/mol. The van der Waals surface area contributed by atoms with Crippen LogP contribution in [0.2, 0.25) is 5.04 Å². The Bertz CT molecular complexity index is 1830. The van der Waals surface area contributed by atoms with E-state index in [1.165, 1.54) is 17.0 Å². The molecule has 3 aliphatic rings. The summed E-state index contributed by atoms with van der Waals surface area (Å²) in [5.74, 6) is -3.59. The molecule has 2 amide bonds. The van der Waals surface area contributed by atoms with E-state index >= 15 is 0 Å². The number of nitrogens with zero attached hydrogens (tertiary/aromatic N) is 1. The van der Waals surface area contributed by atoms with Crippen LogP contribution in [0.1, 0.15) is 97.5 Å². The number of phenols is 1. The second-order valence-electron chi connectivity index (χ2n) is 16.8. The van der Waals surface area contributed by atoms with Gasteiger partial charge in [0.15, 0.2) is 11.6 Å². The SMILES string of the molecule is CCC/C(=C\c1ccc(O)c(F)c1)CC[C@@H](O)C1=C(CO[Si](c2ccccc2)(c2ccccc2)C(C)(C)C)C[C@H]2C(=O)N(C3CCCCC3)C(=O)[C@H]2[C@H]1CO. The molecule has 2 fully saturated rings. The number of allylic oxidation sites excluding steroid dienone is 1. The van der Waals surface area contributed by atoms with Gasteiger partial charge in [-0.1, -0.05) is 132 Å². The number of aliphatic hydroxyl groups is 2. The number of imide groups is 1. The number of carbonyl (C=O) groups excluding carboxylic acids is 2. The van der Waals surface area contributed by atoms with Crippen molar-refractivity contribution in [3.05, 3.63) is 107 Å². The van der Waals surface area contributed by atoms with Gasteiger partial charge in [-0.05, 0) is 82.8 Å². The number of amides is 2. The van der Waals surface area contributed by atoms with Gasteiger partial charge in [0.1, 0.15) is 0 Å². The standard InChI is InChI=1S/C46H58FNO6Si/c1-5-15-31(26-32-23-24-40(50)39(47)27-32)22-25-41(51)42-33(28-37-43(38(42)29-49)45(53)48(44(37)52)34-16-9-6-10-17-34)30-54-55(46(2,3)4,35-18-11-7-12-19-35)36-20-13-8-14-21-36/h7-8,11-14,18-21,23-24,26-27,34,37-38,41,43,49-51H,5-6,9-10,15-17,22,25,28-30H2,1-4H3/b31-26+/t37-,38+,41-,43-/m1/s1. The molecule has 1 aliphatic heterocycles. The van der Waals surface area contributed by atoms with Gasteiger partial charge in [-0.25, -0.2) is 4.39 Å². The van der Waals surface area contributed by atoms with E-state index in [1.54, 1.807) is 6.07 Å². The van der Waals surface area contributed by atoms with Crippen LogP contribution in [-0.2, 0) is 14.0 Å². The molecule has 0 unspecified atom stereocenters. The Balaban J connectivity index is 1.40. The molecule has 0 bridgehead atoms. The van der Waals surface area contributed by atoms with E-state index < -0.39 is 43.7 Å². The summed E-state index contributed by atoms with van der Waals surface area (Å²) in [6.45, 7) is 8.46. The van der Waals surface area contributed by atoms with Gasteiger partial charge in [0.05, 0.1) is 31.2 Å². The fraction of sp³-hybridized carbons (Fsp3) is 0.478. The number of rotatable bonds is 14. The van der Waals surface area contributed by atoms with Gasteiger partial charge in [0, 0.05) is 12.0 Å². The summed E-state index contributed by atoms with van der Waals surface area (Å²) >= 11 is 0. The molecule has 3 aromatic carbocycles. The van der Waals surface area contributed by atoms with E-state index in [0.717, 1.165) is 66.5 Å². The zero-order valence-electron chi connectivity index (χ0n) is 32.8. The molecule has 55 heavy (non-hydrogen) atoms. The predicted molar refractivity (Wildman–Crippen MR) is 218 cm³/mol. The minimum Gasteiger partial charge on any atom is -0.505 e. The zero-order chi connectivity index (χ0) is 39.3. The topological polar surface area (TPSA) is 107 Å². The van der Waals surface area contributed by atoms with Gasteiger partial charge in [0.2, 0.25) is 11.8 Å². The van der Waals surface area contributed by atoms with Crippen LogP contribution < -0.4 is 10.4 Å². The Labute approximate surface area is 327 Å². The first-order chi connectivity index (χ1) is 26.4. The minimum absolute atomic E-state index is 0.129. The molecule has 0 radical (unpaired) electrons. The largest absolute Gasteiger partial charge is 0.505 e. The van der Waals surface area contributed by atoms with Gasteiger partial charge in [-0.3, -0.25) is 14.5 Å². The van der Waals surface area contributed by atoms with Crippen molar-refractivity contribution in [2.75, 3.05) is 13.2 Å². The second-order valence-corrected chi connectivity index (χ2v) is 21.1. The molecule has 1 saturated carbocycles. The summed E-state index contributed by atoms with van der Waals surface area (Å²) in [6.07, 6.45) is 8.20. The quantitative estimate of drug-likeness (QED) is 0.0884. The van der Waals surface area contributed by atoms with E-state index in [-0.39, 0.29) is 42.5 Å². The van der Waals surface area contributed by atoms with E-state index in [4.69, 9.17) is 4.43 Å². The molecule has 2 aliphatic carbocycles. The molecule has 3 N–H and O–H groups in total. The van der Waals surface area contributed by atoms with Crippen LogP contribution in [0.5, 0.6) is 5.75 Å². The minimum atomic E-state index is -3.03. The van der Waals surface area contributed by atoms with Crippen molar-refractivity contribution in [1.29, 1.82) is 0 Å². The summed E-state index contributed by atoms with van der Waals surface area (Å²) in [5, 5.41) is 35.1. The number of phenolic OH excluding ortho intramolecular Hbond substituents is 1. The molecule has 0 spiro atoms. The third kappa shape index (κ3) is 8.31. The molecule has 4 atom stereocenters. The first kappa shape index (κ1) is 40.8. The maximum absolute atomic E-state index is 14.3. The lowest BCUT2D eigenvalue weighted by Gasteiger charge is -2.44. The molecule has 9 heteroatoms. The van der Waals surface area contributed by atoms with Crippen LogP contribution in [0, 0.1) is 23.6 Å². The lowest BCUT2D eigenvalue weighted by Crippen LogP contribution is -2.66. The van der Waals surface area contributed by atoms with Crippen molar-refractivity contribution in [1.82, 2.24) is 4.90 Å². The van der Waals surface area contributed by atoms with Crippen molar-refractivity contribution < 1.29 is 33.7 Å². The molecule has 6 rings (SSSR count). The zero-order valence-corrected chi connectivity index (χ0v) is 33.8. The number of aliphatic hydroxyl groups excluding tert-OH is 2. The van der Waals surface area contributed by atoms with Crippen molar-refractivity contribution in [2.45, 2.75) is 109 Å². The smallest absolute Gasteiger partial charge is 0.261 e. The highest BCUT2D eigenvalue weighted by atomic mass is 28.4. The first-order valence-corrected chi connectivity index (χ1v) is 22.1. The predicted octanol–water partition coefficient (Wildman–Crippen LogP) is 7.68. The third-order valence-corrected chi connectivity index (χ3v) is 17.2. The van der Waals surface area contributed by atoms with Crippen LogP contribution in [0.25, 0.3) is 6.08 Å². The van der Waals surface area contributed by atoms with Crippen LogP contribution in [0.3, 0.4) is 0 Å². The fourth-order valence-electron chi connectivity index (χ4n) is 9.69. The lowest BCUT2D eigenvalue weighted by molar-refractivity contribution is -0.143. The van der Waals surface area contributed by atoms with Crippen LogP contribution in [-0.4, -0.2) is 65.7 Å². The highest BCUT2D eigenvalue weighted by Crippen LogP contribution is 2.48. The Morgan fingerprint density at radius 1 is 0.945 bits per heavy atom. The van der Waals surface area contributed by atoms with E-state index in [0.29, 0.717) is 24.0 Å². The van der Waals surface area contributed by atoms with Crippen molar-refractivity contribution in [3.8, 4) is 5.75 Å². The van der Waals surface area contributed by atoms with Gasteiger partial charge in [0.25, 0.3) is 8.32 Å². The van der Waals surface area contributed by atoms with Crippen molar-refractivity contribution >= 4 is 36.6 Å². The number of carbonyl (C=O) groups is 2. The molecule has 1 saturated heterocycles. The van der Waals surface area contributed by atoms with Crippen LogP contribution in [0.15, 0.2) is 95.6 Å². The molecule has 7 nitrogen and oxygen atoms in total. The number of aromatic hydroxyl groups is 1. The van der Waals surface area contributed by atoms with Gasteiger partial charge >= 0.3 is 0 Å². The normalized spacial score (nSPS) is 22.0. The number of benzene rings is 3. The summed E-state index contributed by atoms with van der Waals surface area (Å²) < 4.78 is 21.7. The summed E-state index contributed by atoms with van der Waals surface area (Å²) in [6, 6.07) is 24.8. The van der Waals surface area contributed by atoms with Gasteiger partial charge in [-0.2, -0.15) is 0 Å². The van der Waals surface area contributed by atoms with E-state index in [2.05, 4.69) is 52.0 Å². The molecular formula is C46H58FNO6Si. The molecular weight excluding hydrogens is 710 g/mol. The average Bonchev–Trinajstić information content (AvgIpc) is 3.43. The fourth-order valence-corrected chi connectivity index (χ4v) is 14.2. The van der Waals surface area contributed by atoms with Crippen molar-refractivity contribution in [2.24, 2.45) is 17.8 Å². The second kappa shape index (κ2) is 17.5. The van der Waals surface area contributed by atoms with Gasteiger partial charge < -0.3 is 19.7 Å².